The predicted molar refractivity (Wildman–Crippen MR) is 54.7 cm³/mol. The average molecular weight is 217 g/mol. The maximum absolute atomic E-state index is 9.03. The van der Waals surface area contributed by atoms with Crippen molar-refractivity contribution in [3.63, 3.8) is 0 Å². The van der Waals surface area contributed by atoms with Crippen LogP contribution in [0.4, 0.5) is 0 Å². The van der Waals surface area contributed by atoms with E-state index in [4.69, 9.17) is 26.2 Å². The number of rotatable bonds is 5. The number of aliphatic hydroxyl groups is 1. The van der Waals surface area contributed by atoms with E-state index in [1.807, 2.05) is 0 Å². The second-order valence-corrected chi connectivity index (χ2v) is 3.13. The topological polar surface area (TPSA) is 38.7 Å². The van der Waals surface area contributed by atoms with Gasteiger partial charge in [-0.2, -0.15) is 0 Å². The molecular weight excluding hydrogens is 204 g/mol. The summed E-state index contributed by atoms with van der Waals surface area (Å²) in [6, 6.07) is 5.27. The molecule has 0 unspecified atom stereocenters. The number of hydrogen-bond acceptors (Lipinski definition) is 3. The van der Waals surface area contributed by atoms with Crippen molar-refractivity contribution in [3.05, 3.63) is 28.8 Å². The van der Waals surface area contributed by atoms with E-state index in [1.165, 1.54) is 0 Å². The third kappa shape index (κ3) is 2.87. The Kier molecular flexibility index (Phi) is 4.73. The number of hydrogen-bond donors (Lipinski definition) is 1. The van der Waals surface area contributed by atoms with E-state index in [2.05, 4.69) is 0 Å². The molecule has 0 bridgehead atoms. The lowest BCUT2D eigenvalue weighted by atomic mass is 10.2. The van der Waals surface area contributed by atoms with Gasteiger partial charge in [-0.05, 0) is 6.07 Å². The first-order chi connectivity index (χ1) is 6.79. The molecule has 14 heavy (non-hydrogen) atoms. The number of aliphatic hydroxyl groups excluding tert-OH is 1. The Labute approximate surface area is 88.2 Å². The van der Waals surface area contributed by atoms with Gasteiger partial charge in [-0.15, -0.1) is 0 Å². The molecule has 3 nitrogen and oxygen atoms in total. The lowest BCUT2D eigenvalue weighted by Gasteiger charge is -2.10. The van der Waals surface area contributed by atoms with Gasteiger partial charge in [-0.25, -0.2) is 0 Å². The van der Waals surface area contributed by atoms with Crippen LogP contribution in [0.25, 0.3) is 0 Å². The highest BCUT2D eigenvalue weighted by molar-refractivity contribution is 6.32. The summed E-state index contributed by atoms with van der Waals surface area (Å²) in [6.45, 7) is 0.839. The quantitative estimate of drug-likeness (QED) is 0.764. The van der Waals surface area contributed by atoms with Crippen LogP contribution in [0.1, 0.15) is 5.56 Å². The van der Waals surface area contributed by atoms with Crippen LogP contribution in [0.5, 0.6) is 5.75 Å². The Balaban J connectivity index is 2.72. The summed E-state index contributed by atoms with van der Waals surface area (Å²) in [5.74, 6) is 0.536. The van der Waals surface area contributed by atoms with E-state index < -0.39 is 0 Å². The van der Waals surface area contributed by atoms with Crippen molar-refractivity contribution < 1.29 is 14.6 Å². The van der Waals surface area contributed by atoms with E-state index in [9.17, 15) is 0 Å². The monoisotopic (exact) mass is 216 g/mol. The molecule has 1 aromatic carbocycles. The molecule has 0 aliphatic carbocycles. The molecule has 0 saturated carbocycles. The summed E-state index contributed by atoms with van der Waals surface area (Å²) in [5, 5.41) is 9.54. The van der Waals surface area contributed by atoms with Gasteiger partial charge in [0.25, 0.3) is 0 Å². The lowest BCUT2D eigenvalue weighted by Crippen LogP contribution is -2.06. The first-order valence-electron chi connectivity index (χ1n) is 4.29. The molecule has 0 saturated heterocycles. The van der Waals surface area contributed by atoms with Gasteiger partial charge in [0, 0.05) is 12.7 Å². The van der Waals surface area contributed by atoms with Crippen LogP contribution < -0.4 is 4.74 Å². The fourth-order valence-electron chi connectivity index (χ4n) is 1.07. The Bertz CT molecular complexity index is 289. The molecular formula is C10H13ClO3. The highest BCUT2D eigenvalue weighted by Crippen LogP contribution is 2.28. The van der Waals surface area contributed by atoms with Gasteiger partial charge >= 0.3 is 0 Å². The van der Waals surface area contributed by atoms with E-state index in [0.29, 0.717) is 29.5 Å². The molecule has 1 N–H and O–H groups in total. The van der Waals surface area contributed by atoms with Crippen molar-refractivity contribution in [2.24, 2.45) is 0 Å². The van der Waals surface area contributed by atoms with Crippen molar-refractivity contribution in [2.45, 2.75) is 6.61 Å². The van der Waals surface area contributed by atoms with Crippen molar-refractivity contribution in [1.82, 2.24) is 0 Å². The summed E-state index contributed by atoms with van der Waals surface area (Å²) < 4.78 is 10.2. The summed E-state index contributed by atoms with van der Waals surface area (Å²) >= 11 is 5.91. The molecule has 1 rings (SSSR count). The molecule has 0 spiro atoms. The fraction of sp³-hybridized carbons (Fsp3) is 0.400. The first-order valence-corrected chi connectivity index (χ1v) is 4.67. The molecule has 0 amide bonds. The molecule has 0 fully saturated rings. The smallest absolute Gasteiger partial charge is 0.143 e. The second kappa shape index (κ2) is 5.86. The predicted octanol–water partition coefficient (Wildman–Crippen LogP) is 1.86. The largest absolute Gasteiger partial charge is 0.489 e. The number of para-hydroxylation sites is 1. The zero-order valence-electron chi connectivity index (χ0n) is 8.00. The van der Waals surface area contributed by atoms with E-state index in [1.54, 1.807) is 25.3 Å². The highest BCUT2D eigenvalue weighted by atomic mass is 35.5. The van der Waals surface area contributed by atoms with Gasteiger partial charge < -0.3 is 14.6 Å². The SMILES string of the molecule is COCCOc1c(Cl)cccc1CO. The number of benzene rings is 1. The standard InChI is InChI=1S/C10H13ClO3/c1-13-5-6-14-10-8(7-12)3-2-4-9(10)11/h2-4,12H,5-7H2,1H3. The number of halogens is 1. The Hall–Kier alpha value is -0.770. The normalized spacial score (nSPS) is 10.2. The molecule has 0 heterocycles. The first kappa shape index (κ1) is 11.3. The molecule has 0 atom stereocenters. The molecule has 0 aliphatic heterocycles. The van der Waals surface area contributed by atoms with E-state index in [0.717, 1.165) is 0 Å². The Morgan fingerprint density at radius 2 is 2.14 bits per heavy atom. The second-order valence-electron chi connectivity index (χ2n) is 2.73. The van der Waals surface area contributed by atoms with Crippen LogP contribution in [0, 0.1) is 0 Å². The molecule has 0 radical (unpaired) electrons. The van der Waals surface area contributed by atoms with Crippen LogP contribution in [0.3, 0.4) is 0 Å². The van der Waals surface area contributed by atoms with Gasteiger partial charge in [0.1, 0.15) is 12.4 Å². The summed E-state index contributed by atoms with van der Waals surface area (Å²) in [4.78, 5) is 0. The molecule has 78 valence electrons. The summed E-state index contributed by atoms with van der Waals surface area (Å²) in [6.07, 6.45) is 0. The number of ether oxygens (including phenoxy) is 2. The maximum atomic E-state index is 9.03. The zero-order valence-corrected chi connectivity index (χ0v) is 8.75. The third-order valence-corrected chi connectivity index (χ3v) is 2.05. The minimum absolute atomic E-state index is 0.0805. The fourth-order valence-corrected chi connectivity index (χ4v) is 1.32. The van der Waals surface area contributed by atoms with Gasteiger partial charge in [-0.1, -0.05) is 23.7 Å². The van der Waals surface area contributed by atoms with Crippen LogP contribution in [-0.4, -0.2) is 25.4 Å². The van der Waals surface area contributed by atoms with Crippen molar-refractivity contribution in [2.75, 3.05) is 20.3 Å². The van der Waals surface area contributed by atoms with Crippen LogP contribution in [-0.2, 0) is 11.3 Å². The van der Waals surface area contributed by atoms with E-state index in [-0.39, 0.29) is 6.61 Å². The van der Waals surface area contributed by atoms with Crippen LogP contribution in [0.2, 0.25) is 5.02 Å². The van der Waals surface area contributed by atoms with Crippen molar-refractivity contribution in [3.8, 4) is 5.75 Å². The highest BCUT2D eigenvalue weighted by Gasteiger charge is 2.06. The number of methoxy groups -OCH3 is 1. The Morgan fingerprint density at radius 3 is 2.79 bits per heavy atom. The van der Waals surface area contributed by atoms with Crippen molar-refractivity contribution in [1.29, 1.82) is 0 Å². The van der Waals surface area contributed by atoms with Gasteiger partial charge in [-0.3, -0.25) is 0 Å². The lowest BCUT2D eigenvalue weighted by molar-refractivity contribution is 0.144. The average Bonchev–Trinajstić information content (AvgIpc) is 2.20. The zero-order chi connectivity index (χ0) is 10.4. The molecule has 0 aliphatic rings. The van der Waals surface area contributed by atoms with Gasteiger partial charge in [0.15, 0.2) is 0 Å². The van der Waals surface area contributed by atoms with Gasteiger partial charge in [0.05, 0.1) is 18.2 Å². The third-order valence-electron chi connectivity index (χ3n) is 1.75. The minimum atomic E-state index is -0.0805. The molecule has 4 heteroatoms. The maximum Gasteiger partial charge on any atom is 0.143 e. The molecule has 0 aromatic heterocycles. The van der Waals surface area contributed by atoms with Gasteiger partial charge in [0.2, 0.25) is 0 Å². The minimum Gasteiger partial charge on any atom is -0.489 e. The van der Waals surface area contributed by atoms with E-state index >= 15 is 0 Å². The summed E-state index contributed by atoms with van der Waals surface area (Å²) in [5.41, 5.74) is 0.689. The van der Waals surface area contributed by atoms with Crippen molar-refractivity contribution >= 4 is 11.6 Å². The molecule has 1 aromatic rings. The Morgan fingerprint density at radius 1 is 1.36 bits per heavy atom. The van der Waals surface area contributed by atoms with Crippen LogP contribution in [0.15, 0.2) is 18.2 Å². The summed E-state index contributed by atoms with van der Waals surface area (Å²) in [7, 11) is 1.60. The van der Waals surface area contributed by atoms with Crippen LogP contribution >= 0.6 is 11.6 Å².